The number of rotatable bonds is 1. The molecule has 0 spiro atoms. The monoisotopic (exact) mass is 142 g/mol. The molecule has 0 atom stereocenters. The largest absolute Gasteiger partial charge is 0.296 e. The summed E-state index contributed by atoms with van der Waals surface area (Å²) in [6.07, 6.45) is 0.542. The normalized spacial score (nSPS) is 10.6. The van der Waals surface area contributed by atoms with Gasteiger partial charge in [-0.25, -0.2) is 0 Å². The third-order valence-corrected chi connectivity index (χ3v) is 1.06. The first-order chi connectivity index (χ1) is 4.70. The van der Waals surface area contributed by atoms with Crippen molar-refractivity contribution < 1.29 is 6.17 Å². The molecule has 1 aromatic heterocycles. The summed E-state index contributed by atoms with van der Waals surface area (Å²) in [5.41, 5.74) is 0.115. The van der Waals surface area contributed by atoms with Crippen molar-refractivity contribution >= 4 is 17.9 Å². The van der Waals surface area contributed by atoms with Gasteiger partial charge in [0.15, 0.2) is 6.26 Å². The van der Waals surface area contributed by atoms with E-state index in [1.54, 1.807) is 0 Å². The second kappa shape index (κ2) is 2.60. The van der Waals surface area contributed by atoms with Gasteiger partial charge in [-0.3, -0.25) is 9.78 Å². The van der Waals surface area contributed by atoms with Crippen molar-refractivity contribution in [2.75, 3.05) is 0 Å². The molecule has 0 amide bonds. The fraction of sp³-hybridized carbons (Fsp3) is 0. The van der Waals surface area contributed by atoms with E-state index in [-0.39, 0.29) is 5.69 Å². The molecule has 46 valence electrons. The first kappa shape index (κ1) is 4.94. The van der Waals surface area contributed by atoms with E-state index in [0.717, 1.165) is 0 Å². The molecule has 0 fully saturated rings. The van der Waals surface area contributed by atoms with Crippen LogP contribution in [0.25, 0.3) is 0 Å². The fourth-order valence-electron chi connectivity index (χ4n) is 0.436. The Hall–Kier alpha value is -0.890. The van der Waals surface area contributed by atoms with Crippen molar-refractivity contribution in [3.05, 3.63) is 29.0 Å². The number of carbonyl (C=O) groups is 1. The first-order valence-electron chi connectivity index (χ1n) is 2.82. The quantitative estimate of drug-likeness (QED) is 0.557. The van der Waals surface area contributed by atoms with Crippen LogP contribution in [0.3, 0.4) is 0 Å². The Morgan fingerprint density at radius 2 is 2.56 bits per heavy atom. The smallest absolute Gasteiger partial charge is 0.168 e. The zero-order chi connectivity index (χ0) is 7.56. The molecule has 0 aromatic carbocycles. The van der Waals surface area contributed by atoms with Gasteiger partial charge in [0.1, 0.15) is 7.06 Å². The summed E-state index contributed by atoms with van der Waals surface area (Å²) in [7, 11) is 0. The molecule has 0 unspecified atom stereocenters. The van der Waals surface area contributed by atoms with Crippen molar-refractivity contribution in [1.82, 2.24) is 4.98 Å². The predicted molar refractivity (Wildman–Crippen MR) is 34.6 cm³/mol. The Morgan fingerprint density at radius 3 is 3.00 bits per heavy atom. The van der Waals surface area contributed by atoms with Gasteiger partial charge in [-0.15, -0.1) is 0 Å². The third-order valence-electron chi connectivity index (χ3n) is 0.832. The molecule has 1 aromatic rings. The van der Waals surface area contributed by atoms with Crippen LogP contribution in [0.15, 0.2) is 18.3 Å². The maximum absolute atomic E-state index is 10.3. The summed E-state index contributed by atoms with van der Waals surface area (Å²) in [5.74, 6) is 0. The molecule has 0 aliphatic carbocycles. The highest BCUT2D eigenvalue weighted by Crippen LogP contribution is 2.03. The highest BCUT2D eigenvalue weighted by atomic mass is 35.5. The fourth-order valence-corrected chi connectivity index (χ4v) is 0.548. The lowest BCUT2D eigenvalue weighted by Crippen LogP contribution is -1.82. The minimum absolute atomic E-state index is 0.115. The number of halogens is 1. The van der Waals surface area contributed by atoms with Crippen LogP contribution in [0.2, 0.25) is 5.02 Å². The third kappa shape index (κ3) is 1.50. The van der Waals surface area contributed by atoms with E-state index in [1.807, 2.05) is 0 Å². The van der Waals surface area contributed by atoms with Crippen LogP contribution in [0.1, 0.15) is 11.9 Å². The van der Waals surface area contributed by atoms with Gasteiger partial charge in [0.2, 0.25) is 0 Å². The highest BCUT2D eigenvalue weighted by Gasteiger charge is 1.88. The molecule has 0 radical (unpaired) electrons. The zero-order valence-electron chi connectivity index (χ0n) is 5.47. The van der Waals surface area contributed by atoms with Gasteiger partial charge in [-0.2, -0.15) is 0 Å². The van der Waals surface area contributed by atoms with Crippen molar-refractivity contribution in [1.29, 1.82) is 0 Å². The number of aldehydes is 1. The number of nitrogens with zero attached hydrogens (tertiary/aromatic N) is 1. The molecule has 1 heterocycles. The number of aromatic nitrogens is 1. The molecule has 0 aliphatic heterocycles. The molecule has 0 aliphatic rings. The summed E-state index contributed by atoms with van der Waals surface area (Å²) >= 11 is 5.48. The van der Waals surface area contributed by atoms with Crippen LogP contribution in [0.5, 0.6) is 0 Å². The molecule has 2 nitrogen and oxygen atoms in total. The number of pyridine rings is 1. The zero-order valence-corrected chi connectivity index (χ0v) is 5.22. The van der Waals surface area contributed by atoms with E-state index in [2.05, 4.69) is 4.98 Å². The average molecular weight is 143 g/mol. The Labute approximate surface area is 58.9 Å². The lowest BCUT2D eigenvalue weighted by atomic mass is 10.4. The Morgan fingerprint density at radius 1 is 1.78 bits per heavy atom. The molecule has 0 saturated heterocycles. The van der Waals surface area contributed by atoms with Crippen molar-refractivity contribution in [3.8, 4) is 0 Å². The Balaban J connectivity index is 3.00. The second-order valence-electron chi connectivity index (χ2n) is 1.46. The minimum Gasteiger partial charge on any atom is -0.296 e. The maximum atomic E-state index is 10.3. The van der Waals surface area contributed by atoms with E-state index in [4.69, 9.17) is 13.0 Å². The maximum Gasteiger partial charge on any atom is 0.168 e. The lowest BCUT2D eigenvalue weighted by molar-refractivity contribution is 0.111. The van der Waals surface area contributed by atoms with Crippen LogP contribution < -0.4 is 0 Å². The Bertz CT molecular complexity index is 246. The molecule has 9 heavy (non-hydrogen) atoms. The van der Waals surface area contributed by atoms with Gasteiger partial charge in [0, 0.05) is 6.20 Å². The summed E-state index contributed by atoms with van der Waals surface area (Å²) in [6, 6.07) is 2.94. The van der Waals surface area contributed by atoms with Crippen molar-refractivity contribution in [2.45, 2.75) is 0 Å². The summed E-state index contributed by atoms with van der Waals surface area (Å²) in [4.78, 5) is 13.9. The van der Waals surface area contributed by atoms with Gasteiger partial charge in [0.25, 0.3) is 0 Å². The van der Waals surface area contributed by atoms with Crippen LogP contribution in [-0.2, 0) is 0 Å². The second-order valence-corrected chi connectivity index (χ2v) is 1.90. The molecule has 0 bridgehead atoms. The predicted octanol–water partition coefficient (Wildman–Crippen LogP) is 1.55. The number of hydrogen-bond acceptors (Lipinski definition) is 2. The molecular formula is C6H4ClNO. The topological polar surface area (TPSA) is 30.0 Å². The minimum atomic E-state index is -0.795. The SMILES string of the molecule is [2H]C(=O)c1ccc(Cl)cn1. The molecule has 3 heteroatoms. The molecule has 0 saturated carbocycles. The Kier molecular flexibility index (Phi) is 1.43. The first-order valence-corrected chi connectivity index (χ1v) is 2.70. The molecule has 0 N–H and O–H groups in total. The van der Waals surface area contributed by atoms with Crippen molar-refractivity contribution in [2.24, 2.45) is 0 Å². The van der Waals surface area contributed by atoms with Crippen LogP contribution in [-0.4, -0.2) is 11.2 Å². The van der Waals surface area contributed by atoms with Crippen LogP contribution in [0, 0.1) is 0 Å². The van der Waals surface area contributed by atoms with Gasteiger partial charge in [0.05, 0.1) is 5.02 Å². The summed E-state index contributed by atoms with van der Waals surface area (Å²) in [5, 5.41) is 0.463. The van der Waals surface area contributed by atoms with E-state index in [1.165, 1.54) is 18.3 Å². The number of hydrogen-bond donors (Lipinski definition) is 0. The van der Waals surface area contributed by atoms with Gasteiger partial charge >= 0.3 is 0 Å². The van der Waals surface area contributed by atoms with E-state index in [9.17, 15) is 4.79 Å². The lowest BCUT2D eigenvalue weighted by Gasteiger charge is -1.86. The average Bonchev–Trinajstić information content (AvgIpc) is 1.88. The number of carbonyl (C=O) groups excluding carboxylic acids is 1. The van der Waals surface area contributed by atoms with Crippen LogP contribution in [0.4, 0.5) is 0 Å². The van der Waals surface area contributed by atoms with Crippen molar-refractivity contribution in [3.63, 3.8) is 0 Å². The summed E-state index contributed by atoms with van der Waals surface area (Å²) in [6.45, 7) is 0. The molecular weight excluding hydrogens is 138 g/mol. The van der Waals surface area contributed by atoms with E-state index >= 15 is 0 Å². The van der Waals surface area contributed by atoms with E-state index < -0.39 is 6.26 Å². The van der Waals surface area contributed by atoms with Gasteiger partial charge < -0.3 is 0 Å². The molecule has 1 rings (SSSR count). The standard InChI is InChI=1S/C6H4ClNO/c7-5-1-2-6(4-9)8-3-5/h1-4H/i4D. The van der Waals surface area contributed by atoms with Crippen LogP contribution >= 0.6 is 11.6 Å². The van der Waals surface area contributed by atoms with Gasteiger partial charge in [-0.1, -0.05) is 11.6 Å². The van der Waals surface area contributed by atoms with Gasteiger partial charge in [-0.05, 0) is 12.1 Å². The summed E-state index contributed by atoms with van der Waals surface area (Å²) < 4.78 is 6.64. The highest BCUT2D eigenvalue weighted by molar-refractivity contribution is 6.30. The van der Waals surface area contributed by atoms with E-state index in [0.29, 0.717) is 5.02 Å².